The van der Waals surface area contributed by atoms with Crippen molar-refractivity contribution >= 4 is 0 Å². The van der Waals surface area contributed by atoms with E-state index < -0.39 is 0 Å². The summed E-state index contributed by atoms with van der Waals surface area (Å²) in [6.07, 6.45) is 5.87. The highest BCUT2D eigenvalue weighted by Crippen LogP contribution is 2.13. The Labute approximate surface area is 87.3 Å². The van der Waals surface area contributed by atoms with E-state index in [9.17, 15) is 0 Å². The van der Waals surface area contributed by atoms with Crippen LogP contribution >= 0.6 is 0 Å². The van der Waals surface area contributed by atoms with Crippen LogP contribution in [0.5, 0.6) is 0 Å². The molecule has 0 aliphatic heterocycles. The van der Waals surface area contributed by atoms with Gasteiger partial charge in [0.05, 0.1) is 6.07 Å². The Morgan fingerprint density at radius 1 is 1.50 bits per heavy atom. The summed E-state index contributed by atoms with van der Waals surface area (Å²) in [5, 5.41) is 12.1. The maximum absolute atomic E-state index is 8.81. The Morgan fingerprint density at radius 3 is 2.43 bits per heavy atom. The number of likely N-dealkylation sites (N-methyl/N-ethyl adjacent to an activating group) is 1. The van der Waals surface area contributed by atoms with Gasteiger partial charge in [0.1, 0.15) is 0 Å². The molecule has 0 fully saturated rings. The first kappa shape index (κ1) is 12.9. The van der Waals surface area contributed by atoms with Crippen molar-refractivity contribution in [2.45, 2.75) is 39.7 Å². The average Bonchev–Trinajstić information content (AvgIpc) is 2.24. The number of nitrogens with zero attached hydrogens (tertiary/aromatic N) is 1. The molecule has 0 aliphatic carbocycles. The second-order valence-corrected chi connectivity index (χ2v) is 3.18. The summed E-state index contributed by atoms with van der Waals surface area (Å²) >= 11 is 0. The predicted octanol–water partition coefficient (Wildman–Crippen LogP) is 2.79. The minimum absolute atomic E-state index is 0.392. The summed E-state index contributed by atoms with van der Waals surface area (Å²) in [5.74, 6) is 0. The van der Waals surface area contributed by atoms with Crippen LogP contribution in [0.2, 0.25) is 0 Å². The van der Waals surface area contributed by atoms with E-state index in [1.165, 1.54) is 5.57 Å². The Hall–Kier alpha value is -1.07. The highest BCUT2D eigenvalue weighted by molar-refractivity contribution is 5.36. The normalized spacial score (nSPS) is 15.1. The summed E-state index contributed by atoms with van der Waals surface area (Å²) in [5.41, 5.74) is 2.04. The molecular weight excluding hydrogens is 172 g/mol. The van der Waals surface area contributed by atoms with Crippen LogP contribution in [-0.4, -0.2) is 13.1 Å². The molecule has 2 nitrogen and oxygen atoms in total. The number of allylic oxidation sites excluding steroid dienone is 3. The van der Waals surface area contributed by atoms with E-state index in [2.05, 4.69) is 25.2 Å². The molecule has 0 saturated heterocycles. The maximum atomic E-state index is 8.81. The summed E-state index contributed by atoms with van der Waals surface area (Å²) in [4.78, 5) is 0. The second kappa shape index (κ2) is 7.34. The summed E-state index contributed by atoms with van der Waals surface area (Å²) in [6.45, 7) is 6.16. The number of hydrogen-bond donors (Lipinski definition) is 1. The predicted molar refractivity (Wildman–Crippen MR) is 60.9 cm³/mol. The Kier molecular flexibility index (Phi) is 6.78. The molecule has 1 atom stereocenters. The van der Waals surface area contributed by atoms with Gasteiger partial charge in [0, 0.05) is 11.6 Å². The number of hydrogen-bond acceptors (Lipinski definition) is 2. The third kappa shape index (κ3) is 3.76. The largest absolute Gasteiger partial charge is 0.313 e. The highest BCUT2D eigenvalue weighted by atomic mass is 14.9. The Morgan fingerprint density at radius 2 is 2.14 bits per heavy atom. The molecule has 14 heavy (non-hydrogen) atoms. The van der Waals surface area contributed by atoms with Crippen molar-refractivity contribution in [2.75, 3.05) is 7.05 Å². The molecule has 2 heteroatoms. The molecule has 1 unspecified atom stereocenters. The van der Waals surface area contributed by atoms with Crippen molar-refractivity contribution in [3.8, 4) is 6.07 Å². The van der Waals surface area contributed by atoms with Gasteiger partial charge in [0.2, 0.25) is 0 Å². The Bertz CT molecular complexity index is 252. The van der Waals surface area contributed by atoms with Crippen LogP contribution in [0.1, 0.15) is 33.6 Å². The molecule has 0 aromatic rings. The van der Waals surface area contributed by atoms with Crippen molar-refractivity contribution in [1.29, 1.82) is 5.26 Å². The van der Waals surface area contributed by atoms with Crippen LogP contribution in [0.4, 0.5) is 0 Å². The van der Waals surface area contributed by atoms with Gasteiger partial charge in [-0.05, 0) is 32.9 Å². The van der Waals surface area contributed by atoms with E-state index in [0.29, 0.717) is 6.04 Å². The van der Waals surface area contributed by atoms with E-state index in [-0.39, 0.29) is 0 Å². The zero-order chi connectivity index (χ0) is 11.0. The van der Waals surface area contributed by atoms with Crippen LogP contribution in [0.3, 0.4) is 0 Å². The molecule has 0 heterocycles. The lowest BCUT2D eigenvalue weighted by Gasteiger charge is -2.16. The van der Waals surface area contributed by atoms with Crippen molar-refractivity contribution in [1.82, 2.24) is 5.32 Å². The lowest BCUT2D eigenvalue weighted by atomic mass is 10.00. The van der Waals surface area contributed by atoms with Gasteiger partial charge >= 0.3 is 0 Å². The van der Waals surface area contributed by atoms with Gasteiger partial charge in [-0.15, -0.1) is 0 Å². The van der Waals surface area contributed by atoms with Crippen molar-refractivity contribution in [2.24, 2.45) is 0 Å². The van der Waals surface area contributed by atoms with Crippen LogP contribution in [0, 0.1) is 11.3 Å². The first-order chi connectivity index (χ1) is 6.73. The average molecular weight is 192 g/mol. The van der Waals surface area contributed by atoms with Gasteiger partial charge in [0.25, 0.3) is 0 Å². The number of nitrogens with one attached hydrogen (secondary N) is 1. The van der Waals surface area contributed by atoms with Gasteiger partial charge in [-0.2, -0.15) is 5.26 Å². The standard InChI is InChI=1S/C12H20N2/c1-5-10(9-13)8-11(6-2)12(7-3)14-4/h5,8,12,14H,6-7H2,1-4H3/b10-5+,11-8-. The zero-order valence-corrected chi connectivity index (χ0v) is 9.59. The van der Waals surface area contributed by atoms with E-state index in [0.717, 1.165) is 18.4 Å². The smallest absolute Gasteiger partial charge is 0.0988 e. The SMILES string of the molecule is C/C=C(C#N)\C=C(\CC)C(CC)NC. The molecule has 0 spiro atoms. The van der Waals surface area contributed by atoms with Gasteiger partial charge in [-0.3, -0.25) is 0 Å². The van der Waals surface area contributed by atoms with E-state index >= 15 is 0 Å². The summed E-state index contributed by atoms with van der Waals surface area (Å²) in [6, 6.07) is 2.57. The molecule has 0 aromatic carbocycles. The molecule has 0 amide bonds. The van der Waals surface area contributed by atoms with Gasteiger partial charge in [-0.1, -0.05) is 25.5 Å². The number of nitriles is 1. The first-order valence-electron chi connectivity index (χ1n) is 5.17. The molecule has 0 aliphatic rings. The third-order valence-electron chi connectivity index (χ3n) is 2.39. The highest BCUT2D eigenvalue weighted by Gasteiger charge is 2.07. The lowest BCUT2D eigenvalue weighted by molar-refractivity contribution is 0.601. The summed E-state index contributed by atoms with van der Waals surface area (Å²) < 4.78 is 0. The minimum atomic E-state index is 0.392. The maximum Gasteiger partial charge on any atom is 0.0988 e. The third-order valence-corrected chi connectivity index (χ3v) is 2.39. The molecule has 0 rings (SSSR count). The first-order valence-corrected chi connectivity index (χ1v) is 5.17. The molecular formula is C12H20N2. The quantitative estimate of drug-likeness (QED) is 0.537. The van der Waals surface area contributed by atoms with Crippen molar-refractivity contribution in [3.63, 3.8) is 0 Å². The number of rotatable bonds is 5. The van der Waals surface area contributed by atoms with Crippen LogP contribution in [-0.2, 0) is 0 Å². The van der Waals surface area contributed by atoms with Gasteiger partial charge < -0.3 is 5.32 Å². The van der Waals surface area contributed by atoms with Gasteiger partial charge in [0.15, 0.2) is 0 Å². The van der Waals surface area contributed by atoms with Crippen LogP contribution in [0.25, 0.3) is 0 Å². The monoisotopic (exact) mass is 192 g/mol. The van der Waals surface area contributed by atoms with E-state index in [1.54, 1.807) is 0 Å². The fourth-order valence-corrected chi connectivity index (χ4v) is 1.48. The molecule has 0 aromatic heterocycles. The zero-order valence-electron chi connectivity index (χ0n) is 9.59. The fourth-order valence-electron chi connectivity index (χ4n) is 1.48. The summed E-state index contributed by atoms with van der Waals surface area (Å²) in [7, 11) is 1.96. The minimum Gasteiger partial charge on any atom is -0.313 e. The van der Waals surface area contributed by atoms with Crippen LogP contribution < -0.4 is 5.32 Å². The van der Waals surface area contributed by atoms with E-state index in [4.69, 9.17) is 5.26 Å². The topological polar surface area (TPSA) is 35.8 Å². The van der Waals surface area contributed by atoms with E-state index in [1.807, 2.05) is 26.1 Å². The second-order valence-electron chi connectivity index (χ2n) is 3.18. The molecule has 0 bridgehead atoms. The van der Waals surface area contributed by atoms with Crippen molar-refractivity contribution < 1.29 is 0 Å². The van der Waals surface area contributed by atoms with Crippen molar-refractivity contribution in [3.05, 3.63) is 23.3 Å². The van der Waals surface area contributed by atoms with Gasteiger partial charge in [-0.25, -0.2) is 0 Å². The molecule has 0 radical (unpaired) electrons. The van der Waals surface area contributed by atoms with Crippen LogP contribution in [0.15, 0.2) is 23.3 Å². The molecule has 0 saturated carbocycles. The molecule has 1 N–H and O–H groups in total. The molecule has 78 valence electrons. The Balaban J connectivity index is 4.79. The fraction of sp³-hybridized carbons (Fsp3) is 0.583. The lowest BCUT2D eigenvalue weighted by Crippen LogP contribution is -2.26.